The summed E-state index contributed by atoms with van der Waals surface area (Å²) in [5.74, 6) is 0. The van der Waals surface area contributed by atoms with Crippen LogP contribution in [0.5, 0.6) is 0 Å². The number of hydrogen-bond acceptors (Lipinski definition) is 3. The lowest BCUT2D eigenvalue weighted by atomic mass is 10.3. The zero-order chi connectivity index (χ0) is 16.8. The average Bonchev–Trinajstić information content (AvgIpc) is 2.37. The molecule has 1 aromatic carbocycles. The molecule has 22 heavy (non-hydrogen) atoms. The number of rotatable bonds is 4. The molecule has 0 fully saturated rings. The Morgan fingerprint density at radius 1 is 1.36 bits per heavy atom. The predicted molar refractivity (Wildman–Crippen MR) is 95.0 cm³/mol. The van der Waals surface area contributed by atoms with Crippen molar-refractivity contribution >= 4 is 75.5 Å². The molecule has 0 radical (unpaired) electrons. The number of carbonyl (C=O) groups excluding carboxylic acids is 1. The molecule has 1 rings (SSSR count). The highest BCUT2D eigenvalue weighted by Gasteiger charge is 2.35. The summed E-state index contributed by atoms with van der Waals surface area (Å²) in [6.45, 7) is 1.84. The van der Waals surface area contributed by atoms with E-state index in [9.17, 15) is 4.79 Å². The van der Waals surface area contributed by atoms with Gasteiger partial charge in [0.15, 0.2) is 11.3 Å². The molecule has 1 amide bonds. The minimum absolute atomic E-state index is 0.135. The molecule has 0 saturated heterocycles. The molecule has 1 atom stereocenters. The highest BCUT2D eigenvalue weighted by atomic mass is 35.6. The van der Waals surface area contributed by atoms with Crippen LogP contribution in [0.2, 0.25) is 5.02 Å². The number of ether oxygens (including phenoxy) is 1. The molecule has 0 aliphatic carbocycles. The van der Waals surface area contributed by atoms with E-state index in [4.69, 9.17) is 63.4 Å². The first-order chi connectivity index (χ1) is 10.2. The van der Waals surface area contributed by atoms with E-state index in [2.05, 4.69) is 16.0 Å². The molecular formula is C12H13Cl4N3O2S. The van der Waals surface area contributed by atoms with Gasteiger partial charge in [0.25, 0.3) is 0 Å². The topological polar surface area (TPSA) is 62.4 Å². The molecule has 122 valence electrons. The second-order valence-corrected chi connectivity index (χ2v) is 7.16. The molecule has 0 aliphatic heterocycles. The van der Waals surface area contributed by atoms with Gasteiger partial charge < -0.3 is 15.4 Å². The summed E-state index contributed by atoms with van der Waals surface area (Å²) in [4.78, 5) is 11.5. The third kappa shape index (κ3) is 7.07. The SMILES string of the molecule is CCOC(=O)N[C@H](NC(=S)Nc1cccc(Cl)c1)C(Cl)(Cl)Cl. The molecule has 0 aromatic heterocycles. The number of thiocarbonyl (C=S) groups is 1. The van der Waals surface area contributed by atoms with Gasteiger partial charge in [-0.2, -0.15) is 0 Å². The second kappa shape index (κ2) is 8.84. The molecule has 1 aromatic rings. The van der Waals surface area contributed by atoms with E-state index in [1.54, 1.807) is 31.2 Å². The van der Waals surface area contributed by atoms with Crippen molar-refractivity contribution in [3.8, 4) is 0 Å². The van der Waals surface area contributed by atoms with Crippen molar-refractivity contribution in [2.75, 3.05) is 11.9 Å². The van der Waals surface area contributed by atoms with Crippen LogP contribution in [0.25, 0.3) is 0 Å². The average molecular weight is 405 g/mol. The van der Waals surface area contributed by atoms with Gasteiger partial charge in [0.05, 0.1) is 6.61 Å². The number of carbonyl (C=O) groups is 1. The lowest BCUT2D eigenvalue weighted by Crippen LogP contribution is -2.56. The number of anilines is 1. The number of amides is 1. The van der Waals surface area contributed by atoms with Crippen molar-refractivity contribution in [3.05, 3.63) is 29.3 Å². The van der Waals surface area contributed by atoms with Gasteiger partial charge in [0, 0.05) is 10.7 Å². The zero-order valence-electron chi connectivity index (χ0n) is 11.3. The van der Waals surface area contributed by atoms with Crippen LogP contribution in [0.1, 0.15) is 6.92 Å². The quantitative estimate of drug-likeness (QED) is 0.401. The lowest BCUT2D eigenvalue weighted by molar-refractivity contribution is 0.147. The number of benzene rings is 1. The fraction of sp³-hybridized carbons (Fsp3) is 0.333. The van der Waals surface area contributed by atoms with Crippen molar-refractivity contribution in [1.82, 2.24) is 10.6 Å². The summed E-state index contributed by atoms with van der Waals surface area (Å²) in [6, 6.07) is 6.88. The molecule has 10 heteroatoms. The largest absolute Gasteiger partial charge is 0.450 e. The third-order valence-corrected chi connectivity index (χ3v) is 3.33. The van der Waals surface area contributed by atoms with Crippen molar-refractivity contribution in [2.24, 2.45) is 0 Å². The number of alkyl halides is 3. The van der Waals surface area contributed by atoms with E-state index in [-0.39, 0.29) is 11.7 Å². The molecular weight excluding hydrogens is 392 g/mol. The Labute approximate surface area is 153 Å². The van der Waals surface area contributed by atoms with Gasteiger partial charge in [-0.1, -0.05) is 52.5 Å². The van der Waals surface area contributed by atoms with Crippen LogP contribution in [-0.2, 0) is 4.74 Å². The summed E-state index contributed by atoms with van der Waals surface area (Å²) >= 11 is 28.4. The van der Waals surface area contributed by atoms with E-state index < -0.39 is 16.1 Å². The Kier molecular flexibility index (Phi) is 7.79. The van der Waals surface area contributed by atoms with Gasteiger partial charge in [0.1, 0.15) is 0 Å². The monoisotopic (exact) mass is 403 g/mol. The zero-order valence-corrected chi connectivity index (χ0v) is 15.2. The van der Waals surface area contributed by atoms with Crippen LogP contribution in [-0.4, -0.2) is 27.8 Å². The lowest BCUT2D eigenvalue weighted by Gasteiger charge is -2.27. The molecule has 0 saturated carbocycles. The molecule has 0 spiro atoms. The van der Waals surface area contributed by atoms with Crippen LogP contribution in [0, 0.1) is 0 Å². The van der Waals surface area contributed by atoms with Crippen LogP contribution in [0.15, 0.2) is 24.3 Å². The van der Waals surface area contributed by atoms with Gasteiger partial charge in [-0.25, -0.2) is 4.79 Å². The van der Waals surface area contributed by atoms with Gasteiger partial charge in [0.2, 0.25) is 3.79 Å². The molecule has 0 aliphatic rings. The summed E-state index contributed by atoms with van der Waals surface area (Å²) in [5.41, 5.74) is 0.643. The fourth-order valence-corrected chi connectivity index (χ4v) is 2.11. The van der Waals surface area contributed by atoms with Crippen LogP contribution in [0.3, 0.4) is 0 Å². The Morgan fingerprint density at radius 2 is 2.05 bits per heavy atom. The van der Waals surface area contributed by atoms with Crippen molar-refractivity contribution in [1.29, 1.82) is 0 Å². The normalized spacial score (nSPS) is 12.2. The molecule has 3 N–H and O–H groups in total. The predicted octanol–water partition coefficient (Wildman–Crippen LogP) is 4.07. The van der Waals surface area contributed by atoms with E-state index in [1.165, 1.54) is 0 Å². The first kappa shape index (κ1) is 19.4. The Bertz CT molecular complexity index is 539. The third-order valence-electron chi connectivity index (χ3n) is 2.22. The maximum absolute atomic E-state index is 11.5. The number of nitrogens with one attached hydrogen (secondary N) is 3. The highest BCUT2D eigenvalue weighted by molar-refractivity contribution is 7.80. The van der Waals surface area contributed by atoms with Gasteiger partial charge in [-0.15, -0.1) is 0 Å². The molecule has 5 nitrogen and oxygen atoms in total. The number of alkyl carbamates (subject to hydrolysis) is 1. The Morgan fingerprint density at radius 3 is 2.59 bits per heavy atom. The first-order valence-corrected chi connectivity index (χ1v) is 7.97. The summed E-state index contributed by atoms with van der Waals surface area (Å²) in [5, 5.41) is 8.58. The maximum atomic E-state index is 11.5. The van der Waals surface area contributed by atoms with Crippen molar-refractivity contribution in [3.63, 3.8) is 0 Å². The second-order valence-electron chi connectivity index (χ2n) is 3.95. The fourth-order valence-electron chi connectivity index (χ4n) is 1.35. The summed E-state index contributed by atoms with van der Waals surface area (Å²) < 4.78 is 2.90. The van der Waals surface area contributed by atoms with Crippen LogP contribution >= 0.6 is 58.6 Å². The van der Waals surface area contributed by atoms with Crippen LogP contribution < -0.4 is 16.0 Å². The molecule has 0 heterocycles. The summed E-state index contributed by atoms with van der Waals surface area (Å²) in [6.07, 6.45) is -1.83. The Balaban J connectivity index is 2.68. The molecule has 0 bridgehead atoms. The van der Waals surface area contributed by atoms with E-state index in [1.807, 2.05) is 0 Å². The van der Waals surface area contributed by atoms with Crippen LogP contribution in [0.4, 0.5) is 10.5 Å². The molecule has 0 unspecified atom stereocenters. The smallest absolute Gasteiger partial charge is 0.408 e. The van der Waals surface area contributed by atoms with Crippen molar-refractivity contribution < 1.29 is 9.53 Å². The van der Waals surface area contributed by atoms with Gasteiger partial charge in [-0.05, 0) is 37.3 Å². The maximum Gasteiger partial charge on any atom is 0.408 e. The Hall–Kier alpha value is -0.660. The minimum atomic E-state index is -1.84. The van der Waals surface area contributed by atoms with Crippen molar-refractivity contribution in [2.45, 2.75) is 16.9 Å². The highest BCUT2D eigenvalue weighted by Crippen LogP contribution is 2.29. The number of halogens is 4. The van der Waals surface area contributed by atoms with Gasteiger partial charge in [-0.3, -0.25) is 5.32 Å². The standard InChI is InChI=1S/C12H13Cl4N3O2S/c1-2-21-11(20)19-9(12(14,15)16)18-10(22)17-8-5-3-4-7(13)6-8/h3-6,9H,2H2,1H3,(H,19,20)(H2,17,18,22)/t9-/m0/s1. The van der Waals surface area contributed by atoms with E-state index in [0.717, 1.165) is 0 Å². The van der Waals surface area contributed by atoms with Gasteiger partial charge >= 0.3 is 6.09 Å². The number of hydrogen-bond donors (Lipinski definition) is 3. The van der Waals surface area contributed by atoms with E-state index >= 15 is 0 Å². The van der Waals surface area contributed by atoms with E-state index in [0.29, 0.717) is 10.7 Å². The minimum Gasteiger partial charge on any atom is -0.450 e. The first-order valence-electron chi connectivity index (χ1n) is 6.05. The summed E-state index contributed by atoms with van der Waals surface area (Å²) in [7, 11) is 0.